The first-order valence-electron chi connectivity index (χ1n) is 5.05. The lowest BCUT2D eigenvalue weighted by Crippen LogP contribution is -1.82. The Balaban J connectivity index is 2.22. The van der Waals surface area contributed by atoms with Gasteiger partial charge in [0.05, 0.1) is 5.56 Å². The van der Waals surface area contributed by atoms with Gasteiger partial charge in [-0.15, -0.1) is 0 Å². The maximum absolute atomic E-state index is 13.6. The van der Waals surface area contributed by atoms with Crippen molar-refractivity contribution in [2.45, 2.75) is 0 Å². The summed E-state index contributed by atoms with van der Waals surface area (Å²) in [5, 5.41) is 0.575. The number of halogens is 2. The molecule has 1 aromatic heterocycles. The highest BCUT2D eigenvalue weighted by Crippen LogP contribution is 2.27. The predicted molar refractivity (Wildman–Crippen MR) is 64.4 cm³/mol. The molecular formula is C13H7ClFNO. The van der Waals surface area contributed by atoms with Crippen LogP contribution < -0.4 is 0 Å². The molecule has 0 N–H and O–H groups in total. The highest BCUT2D eigenvalue weighted by atomic mass is 35.5. The zero-order valence-electron chi connectivity index (χ0n) is 8.65. The zero-order chi connectivity index (χ0) is 11.8. The molecule has 0 fully saturated rings. The van der Waals surface area contributed by atoms with Gasteiger partial charge in [-0.05, 0) is 30.3 Å². The molecule has 0 saturated carbocycles. The number of rotatable bonds is 1. The third-order valence-electron chi connectivity index (χ3n) is 2.45. The number of hydrogen-bond acceptors (Lipinski definition) is 2. The topological polar surface area (TPSA) is 26.0 Å². The van der Waals surface area contributed by atoms with Gasteiger partial charge < -0.3 is 4.42 Å². The van der Waals surface area contributed by atoms with Crippen LogP contribution in [0.3, 0.4) is 0 Å². The summed E-state index contributed by atoms with van der Waals surface area (Å²) in [5.74, 6) is -0.0921. The van der Waals surface area contributed by atoms with E-state index >= 15 is 0 Å². The van der Waals surface area contributed by atoms with Crippen LogP contribution in [-0.2, 0) is 0 Å². The molecule has 3 aromatic rings. The number of aromatic nitrogens is 1. The van der Waals surface area contributed by atoms with Gasteiger partial charge in [-0.1, -0.05) is 23.7 Å². The van der Waals surface area contributed by atoms with Crippen molar-refractivity contribution in [1.82, 2.24) is 4.98 Å². The van der Waals surface area contributed by atoms with Crippen LogP contribution in [-0.4, -0.2) is 4.98 Å². The summed E-state index contributed by atoms with van der Waals surface area (Å²) in [7, 11) is 0. The first kappa shape index (κ1) is 10.3. The van der Waals surface area contributed by atoms with Crippen molar-refractivity contribution in [3.8, 4) is 11.5 Å². The molecule has 1 heterocycles. The van der Waals surface area contributed by atoms with E-state index in [1.165, 1.54) is 6.07 Å². The Labute approximate surface area is 102 Å². The number of benzene rings is 2. The van der Waals surface area contributed by atoms with E-state index in [0.29, 0.717) is 21.7 Å². The van der Waals surface area contributed by atoms with E-state index in [1.807, 2.05) is 0 Å². The van der Waals surface area contributed by atoms with Crippen LogP contribution in [0.15, 0.2) is 46.9 Å². The van der Waals surface area contributed by atoms with Crippen molar-refractivity contribution in [2.24, 2.45) is 0 Å². The van der Waals surface area contributed by atoms with Crippen molar-refractivity contribution in [3.05, 3.63) is 53.3 Å². The van der Waals surface area contributed by atoms with Gasteiger partial charge in [0.15, 0.2) is 5.58 Å². The standard InChI is InChI=1S/C13H7ClFNO/c14-8-5-6-12-11(7-8)16-13(17-12)9-3-1-2-4-10(9)15/h1-7H. The van der Waals surface area contributed by atoms with E-state index in [-0.39, 0.29) is 11.7 Å². The molecule has 0 amide bonds. The van der Waals surface area contributed by atoms with Crippen LogP contribution in [0.1, 0.15) is 0 Å². The molecule has 3 rings (SSSR count). The highest BCUT2D eigenvalue weighted by molar-refractivity contribution is 6.31. The largest absolute Gasteiger partial charge is 0.436 e. The molecule has 0 aliphatic rings. The minimum absolute atomic E-state index is 0.264. The summed E-state index contributed by atoms with van der Waals surface area (Å²) in [4.78, 5) is 4.21. The molecule has 2 aromatic carbocycles. The normalized spacial score (nSPS) is 10.9. The third-order valence-corrected chi connectivity index (χ3v) is 2.69. The average molecular weight is 248 g/mol. The third kappa shape index (κ3) is 1.78. The highest BCUT2D eigenvalue weighted by Gasteiger charge is 2.11. The number of oxazole rings is 1. The van der Waals surface area contributed by atoms with Crippen molar-refractivity contribution in [2.75, 3.05) is 0 Å². The van der Waals surface area contributed by atoms with Gasteiger partial charge >= 0.3 is 0 Å². The molecule has 2 nitrogen and oxygen atoms in total. The fraction of sp³-hybridized carbons (Fsp3) is 0. The summed E-state index contributed by atoms with van der Waals surface area (Å²) in [5.41, 5.74) is 1.56. The van der Waals surface area contributed by atoms with Crippen molar-refractivity contribution in [3.63, 3.8) is 0 Å². The van der Waals surface area contributed by atoms with Crippen LogP contribution in [0.2, 0.25) is 5.02 Å². The van der Waals surface area contributed by atoms with Crippen molar-refractivity contribution in [1.29, 1.82) is 0 Å². The van der Waals surface area contributed by atoms with Crippen LogP contribution >= 0.6 is 11.6 Å². The molecule has 0 saturated heterocycles. The van der Waals surface area contributed by atoms with Gasteiger partial charge in [-0.25, -0.2) is 9.37 Å². The van der Waals surface area contributed by atoms with Gasteiger partial charge in [-0.2, -0.15) is 0 Å². The van der Waals surface area contributed by atoms with Crippen molar-refractivity contribution >= 4 is 22.7 Å². The van der Waals surface area contributed by atoms with E-state index in [9.17, 15) is 4.39 Å². The van der Waals surface area contributed by atoms with E-state index < -0.39 is 0 Å². The molecular weight excluding hydrogens is 241 g/mol. The maximum atomic E-state index is 13.6. The van der Waals surface area contributed by atoms with Crippen LogP contribution in [0, 0.1) is 5.82 Å². The van der Waals surface area contributed by atoms with Crippen LogP contribution in [0.25, 0.3) is 22.6 Å². The second-order valence-electron chi connectivity index (χ2n) is 3.61. The molecule has 0 atom stereocenters. The Bertz CT molecular complexity index is 693. The summed E-state index contributed by atoms with van der Waals surface area (Å²) in [6.45, 7) is 0. The average Bonchev–Trinajstić information content (AvgIpc) is 2.72. The lowest BCUT2D eigenvalue weighted by molar-refractivity contribution is 0.593. The summed E-state index contributed by atoms with van der Waals surface area (Å²) in [6.07, 6.45) is 0. The van der Waals surface area contributed by atoms with Gasteiger partial charge in [0.25, 0.3) is 0 Å². The first-order chi connectivity index (χ1) is 8.24. The van der Waals surface area contributed by atoms with Gasteiger partial charge in [0, 0.05) is 5.02 Å². The molecule has 0 bridgehead atoms. The smallest absolute Gasteiger partial charge is 0.230 e. The number of hydrogen-bond donors (Lipinski definition) is 0. The predicted octanol–water partition coefficient (Wildman–Crippen LogP) is 4.29. The zero-order valence-corrected chi connectivity index (χ0v) is 9.41. The van der Waals surface area contributed by atoms with Crippen molar-refractivity contribution < 1.29 is 8.81 Å². The Kier molecular flexibility index (Phi) is 2.34. The van der Waals surface area contributed by atoms with Crippen LogP contribution in [0.4, 0.5) is 4.39 Å². The van der Waals surface area contributed by atoms with Gasteiger partial charge in [-0.3, -0.25) is 0 Å². The second kappa shape index (κ2) is 3.86. The van der Waals surface area contributed by atoms with E-state index in [2.05, 4.69) is 4.98 Å². The minimum atomic E-state index is -0.356. The van der Waals surface area contributed by atoms with E-state index in [1.54, 1.807) is 36.4 Å². The number of nitrogens with zero attached hydrogens (tertiary/aromatic N) is 1. The number of fused-ring (bicyclic) bond motifs is 1. The Hall–Kier alpha value is -1.87. The molecule has 0 spiro atoms. The molecule has 0 aliphatic carbocycles. The second-order valence-corrected chi connectivity index (χ2v) is 4.05. The quantitative estimate of drug-likeness (QED) is 0.641. The van der Waals surface area contributed by atoms with E-state index in [4.69, 9.17) is 16.0 Å². The summed E-state index contributed by atoms with van der Waals surface area (Å²) in [6, 6.07) is 11.5. The Morgan fingerprint density at radius 3 is 2.76 bits per heavy atom. The molecule has 84 valence electrons. The Morgan fingerprint density at radius 1 is 1.12 bits per heavy atom. The SMILES string of the molecule is Fc1ccccc1-c1nc2cc(Cl)ccc2o1. The summed E-state index contributed by atoms with van der Waals surface area (Å²) >= 11 is 5.85. The van der Waals surface area contributed by atoms with Gasteiger partial charge in [0.1, 0.15) is 11.3 Å². The Morgan fingerprint density at radius 2 is 1.94 bits per heavy atom. The fourth-order valence-corrected chi connectivity index (χ4v) is 1.82. The first-order valence-corrected chi connectivity index (χ1v) is 5.43. The molecule has 0 aliphatic heterocycles. The van der Waals surface area contributed by atoms with E-state index in [0.717, 1.165) is 0 Å². The maximum Gasteiger partial charge on any atom is 0.230 e. The summed E-state index contributed by atoms with van der Waals surface area (Å²) < 4.78 is 19.0. The molecule has 0 radical (unpaired) electrons. The fourth-order valence-electron chi connectivity index (χ4n) is 1.65. The monoisotopic (exact) mass is 247 g/mol. The molecule has 17 heavy (non-hydrogen) atoms. The molecule has 0 unspecified atom stereocenters. The lowest BCUT2D eigenvalue weighted by atomic mass is 10.2. The lowest BCUT2D eigenvalue weighted by Gasteiger charge is -1.95. The molecule has 4 heteroatoms. The van der Waals surface area contributed by atoms with Gasteiger partial charge in [0.2, 0.25) is 5.89 Å². The minimum Gasteiger partial charge on any atom is -0.436 e. The van der Waals surface area contributed by atoms with Crippen LogP contribution in [0.5, 0.6) is 0 Å².